The first-order valence-corrected chi connectivity index (χ1v) is 15.7. The largest absolute Gasteiger partial charge is 0.309 e. The van der Waals surface area contributed by atoms with Gasteiger partial charge in [-0.2, -0.15) is 0 Å². The van der Waals surface area contributed by atoms with E-state index in [9.17, 15) is 0 Å². The highest BCUT2D eigenvalue weighted by molar-refractivity contribution is 6.27. The summed E-state index contributed by atoms with van der Waals surface area (Å²) in [5.74, 6) is 0. The third-order valence-corrected chi connectivity index (χ3v) is 9.79. The van der Waals surface area contributed by atoms with Crippen molar-refractivity contribution in [2.45, 2.75) is 0 Å². The van der Waals surface area contributed by atoms with Gasteiger partial charge in [0.2, 0.25) is 0 Å². The molecule has 4 aromatic heterocycles. The summed E-state index contributed by atoms with van der Waals surface area (Å²) >= 11 is 0. The van der Waals surface area contributed by atoms with E-state index < -0.39 is 0 Å². The predicted molar refractivity (Wildman–Crippen MR) is 191 cm³/mol. The minimum atomic E-state index is 0.906. The molecule has 4 heterocycles. The summed E-state index contributed by atoms with van der Waals surface area (Å²) in [7, 11) is 0. The summed E-state index contributed by atoms with van der Waals surface area (Å²) < 4.78 is 4.73. The van der Waals surface area contributed by atoms with Gasteiger partial charge in [0.1, 0.15) is 5.52 Å². The van der Waals surface area contributed by atoms with Crippen LogP contribution in [0.2, 0.25) is 0 Å². The molecule has 0 aliphatic heterocycles. The van der Waals surface area contributed by atoms with E-state index in [0.29, 0.717) is 0 Å². The van der Waals surface area contributed by atoms with Gasteiger partial charge in [0, 0.05) is 38.0 Å². The fourth-order valence-corrected chi connectivity index (χ4v) is 7.80. The summed E-state index contributed by atoms with van der Waals surface area (Å²) in [6, 6.07) is 52.3. The van der Waals surface area contributed by atoms with Crippen molar-refractivity contribution < 1.29 is 0 Å². The predicted octanol–water partition coefficient (Wildman–Crippen LogP) is 10.7. The zero-order chi connectivity index (χ0) is 29.9. The third kappa shape index (κ3) is 3.07. The zero-order valence-electron chi connectivity index (χ0n) is 24.6. The molecule has 11 aromatic rings. The lowest BCUT2D eigenvalue weighted by atomic mass is 9.98. The molecule has 0 unspecified atom stereocenters. The average Bonchev–Trinajstić information content (AvgIpc) is 3.75. The van der Waals surface area contributed by atoms with Crippen LogP contribution in [0.15, 0.2) is 146 Å². The Morgan fingerprint density at radius 2 is 1.09 bits per heavy atom. The summed E-state index contributed by atoms with van der Waals surface area (Å²) in [5, 5.41) is 8.53. The zero-order valence-corrected chi connectivity index (χ0v) is 24.6. The van der Waals surface area contributed by atoms with E-state index in [4.69, 9.17) is 9.97 Å². The smallest absolute Gasteiger partial charge is 0.165 e. The van der Waals surface area contributed by atoms with Gasteiger partial charge < -0.3 is 4.57 Å². The van der Waals surface area contributed by atoms with Crippen LogP contribution in [-0.2, 0) is 0 Å². The minimum Gasteiger partial charge on any atom is -0.309 e. The number of para-hydroxylation sites is 4. The number of hydrogen-bond acceptors (Lipinski definition) is 2. The van der Waals surface area contributed by atoms with E-state index in [1.165, 1.54) is 71.2 Å². The maximum Gasteiger partial charge on any atom is 0.165 e. The van der Waals surface area contributed by atoms with Crippen molar-refractivity contribution >= 4 is 82.0 Å². The molecular formula is C42H24N4. The Morgan fingerprint density at radius 3 is 1.98 bits per heavy atom. The Balaban J connectivity index is 1.27. The van der Waals surface area contributed by atoms with Crippen molar-refractivity contribution in [1.29, 1.82) is 0 Å². The van der Waals surface area contributed by atoms with Crippen molar-refractivity contribution in [3.8, 4) is 16.8 Å². The molecule has 0 radical (unpaired) electrons. The van der Waals surface area contributed by atoms with E-state index in [0.717, 1.165) is 27.6 Å². The lowest BCUT2D eigenvalue weighted by molar-refractivity contribution is 1.18. The second-order valence-electron chi connectivity index (χ2n) is 12.2. The molecule has 4 heteroatoms. The molecule has 0 amide bonds. The molecule has 4 nitrogen and oxygen atoms in total. The number of rotatable bonds is 2. The molecule has 0 N–H and O–H groups in total. The summed E-state index contributed by atoms with van der Waals surface area (Å²) in [6.07, 6.45) is 0. The number of fused-ring (bicyclic) bond motifs is 12. The van der Waals surface area contributed by atoms with E-state index in [1.54, 1.807) is 0 Å². The lowest BCUT2D eigenvalue weighted by Gasteiger charge is -2.08. The molecule has 0 spiro atoms. The van der Waals surface area contributed by atoms with Gasteiger partial charge in [0.05, 0.1) is 33.1 Å². The van der Waals surface area contributed by atoms with E-state index in [2.05, 4.69) is 142 Å². The molecule has 11 rings (SSSR count). The van der Waals surface area contributed by atoms with Crippen LogP contribution in [0.25, 0.3) is 98.8 Å². The molecule has 7 aromatic carbocycles. The molecule has 0 aliphatic rings. The highest BCUT2D eigenvalue weighted by Crippen LogP contribution is 2.44. The fraction of sp³-hybridized carbons (Fsp3) is 0. The quantitative estimate of drug-likeness (QED) is 0.203. The SMILES string of the molecule is c1ccc(-n2c3ccccc3c3cc(-c4cc5c6ccc7ccccc7c6n6c7nc8ccccc8nc7c(c4)c56)ccc32)cc1. The van der Waals surface area contributed by atoms with Gasteiger partial charge in [-0.05, 0) is 71.1 Å². The van der Waals surface area contributed by atoms with Crippen LogP contribution in [0.3, 0.4) is 0 Å². The monoisotopic (exact) mass is 584 g/mol. The second-order valence-corrected chi connectivity index (χ2v) is 12.2. The number of hydrogen-bond donors (Lipinski definition) is 0. The minimum absolute atomic E-state index is 0.906. The van der Waals surface area contributed by atoms with Crippen molar-refractivity contribution in [3.05, 3.63) is 146 Å². The second kappa shape index (κ2) is 8.68. The Labute approximate surface area is 262 Å². The van der Waals surface area contributed by atoms with Crippen LogP contribution in [0.5, 0.6) is 0 Å². The Hall–Kier alpha value is -6.26. The summed E-state index contributed by atoms with van der Waals surface area (Å²) in [5.41, 5.74) is 12.0. The first kappa shape index (κ1) is 24.1. The Kier molecular flexibility index (Phi) is 4.55. The highest BCUT2D eigenvalue weighted by atomic mass is 15.0. The van der Waals surface area contributed by atoms with Gasteiger partial charge in [0.25, 0.3) is 0 Å². The van der Waals surface area contributed by atoms with Gasteiger partial charge in [-0.25, -0.2) is 9.97 Å². The topological polar surface area (TPSA) is 35.1 Å². The van der Waals surface area contributed by atoms with Crippen molar-refractivity contribution in [2.24, 2.45) is 0 Å². The van der Waals surface area contributed by atoms with Gasteiger partial charge >= 0.3 is 0 Å². The standard InChI is InChI=1S/C42H24N4/c1-2-11-28(12-3-1)45-37-17-9-6-14-30(37)32-22-26(19-21-38(32)45)27-23-33-31-20-18-25-10-4-5-13-29(25)40(31)46-41(33)34(24-27)39-42(46)44-36-16-8-7-15-35(36)43-39/h1-24H. The van der Waals surface area contributed by atoms with Crippen LogP contribution in [0.1, 0.15) is 0 Å². The highest BCUT2D eigenvalue weighted by Gasteiger charge is 2.23. The third-order valence-electron chi connectivity index (χ3n) is 9.79. The van der Waals surface area contributed by atoms with E-state index in [1.807, 2.05) is 12.1 Å². The van der Waals surface area contributed by atoms with Crippen LogP contribution >= 0.6 is 0 Å². The van der Waals surface area contributed by atoms with Crippen LogP contribution < -0.4 is 0 Å². The maximum absolute atomic E-state index is 5.23. The molecule has 0 aliphatic carbocycles. The molecule has 0 saturated carbocycles. The lowest BCUT2D eigenvalue weighted by Crippen LogP contribution is -1.92. The number of nitrogens with zero attached hydrogens (tertiary/aromatic N) is 4. The van der Waals surface area contributed by atoms with Gasteiger partial charge in [-0.15, -0.1) is 0 Å². The maximum atomic E-state index is 5.23. The van der Waals surface area contributed by atoms with Crippen molar-refractivity contribution in [2.75, 3.05) is 0 Å². The fourth-order valence-electron chi connectivity index (χ4n) is 7.80. The summed E-state index contributed by atoms with van der Waals surface area (Å²) in [4.78, 5) is 10.5. The molecule has 0 atom stereocenters. The number of benzene rings is 7. The Bertz CT molecular complexity index is 3020. The average molecular weight is 585 g/mol. The van der Waals surface area contributed by atoms with E-state index >= 15 is 0 Å². The molecule has 46 heavy (non-hydrogen) atoms. The molecule has 212 valence electrons. The van der Waals surface area contributed by atoms with Crippen LogP contribution in [0.4, 0.5) is 0 Å². The number of aromatic nitrogens is 4. The molecular weight excluding hydrogens is 560 g/mol. The van der Waals surface area contributed by atoms with Crippen LogP contribution in [0, 0.1) is 0 Å². The molecule has 0 bridgehead atoms. The first-order chi connectivity index (χ1) is 22.8. The Morgan fingerprint density at radius 1 is 0.413 bits per heavy atom. The van der Waals surface area contributed by atoms with Gasteiger partial charge in [-0.3, -0.25) is 4.40 Å². The molecule has 0 fully saturated rings. The summed E-state index contributed by atoms with van der Waals surface area (Å²) in [6.45, 7) is 0. The molecule has 0 saturated heterocycles. The van der Waals surface area contributed by atoms with Crippen molar-refractivity contribution in [1.82, 2.24) is 18.9 Å². The van der Waals surface area contributed by atoms with Gasteiger partial charge in [0.15, 0.2) is 5.65 Å². The van der Waals surface area contributed by atoms with E-state index in [-0.39, 0.29) is 0 Å². The first-order valence-electron chi connectivity index (χ1n) is 15.7. The normalized spacial score (nSPS) is 12.3. The van der Waals surface area contributed by atoms with Gasteiger partial charge in [-0.1, -0.05) is 91.0 Å². The van der Waals surface area contributed by atoms with Crippen LogP contribution in [-0.4, -0.2) is 18.9 Å². The van der Waals surface area contributed by atoms with Crippen molar-refractivity contribution in [3.63, 3.8) is 0 Å².